The van der Waals surface area contributed by atoms with Gasteiger partial charge in [0.25, 0.3) is 0 Å². The van der Waals surface area contributed by atoms with Gasteiger partial charge in [0.2, 0.25) is 0 Å². The Morgan fingerprint density at radius 1 is 1.30 bits per heavy atom. The Morgan fingerprint density at radius 2 is 2.10 bits per heavy atom. The zero-order valence-corrected chi connectivity index (χ0v) is 6.36. The molecule has 52 valence electrons. The molecule has 3 heteroatoms. The van der Waals surface area contributed by atoms with E-state index in [9.17, 15) is 9.13 Å². The summed E-state index contributed by atoms with van der Waals surface area (Å²) in [6.07, 6.45) is 4.82. The molecule has 2 bridgehead atoms. The fourth-order valence-corrected chi connectivity index (χ4v) is 2.32. The summed E-state index contributed by atoms with van der Waals surface area (Å²) >= 11 is 0. The van der Waals surface area contributed by atoms with Crippen LogP contribution < -0.4 is 0 Å². The third-order valence-corrected chi connectivity index (χ3v) is 2.93. The van der Waals surface area contributed by atoms with Crippen molar-refractivity contribution in [1.29, 1.82) is 0 Å². The second-order valence-corrected chi connectivity index (χ2v) is 3.72. The molecule has 0 spiro atoms. The lowest BCUT2D eigenvalue weighted by Gasteiger charge is -1.94. The van der Waals surface area contributed by atoms with Crippen molar-refractivity contribution in [3.63, 3.8) is 0 Å². The van der Waals surface area contributed by atoms with Crippen molar-refractivity contribution in [2.75, 3.05) is 0 Å². The molecule has 10 heavy (non-hydrogen) atoms. The fraction of sp³-hybridized carbons (Fsp3) is 0.429. The smallest absolute Gasteiger partial charge is 0.232 e. The van der Waals surface area contributed by atoms with E-state index in [2.05, 4.69) is 0 Å². The average Bonchev–Trinajstić information content (AvgIpc) is 2.44. The largest absolute Gasteiger partial charge is 0.348 e. The van der Waals surface area contributed by atoms with Crippen molar-refractivity contribution >= 4 is 7.68 Å². The number of fused-ring (bicyclic) bond motifs is 2. The molecule has 2 aliphatic rings. The van der Waals surface area contributed by atoms with Crippen molar-refractivity contribution in [2.24, 2.45) is 0 Å². The molecular weight excluding hydrogens is 147 g/mol. The highest BCUT2D eigenvalue weighted by Gasteiger charge is 2.24. The maximum atomic E-state index is 10.5. The van der Waals surface area contributed by atoms with E-state index < -0.39 is 7.68 Å². The van der Waals surface area contributed by atoms with Gasteiger partial charge in [-0.1, -0.05) is 5.57 Å². The standard InChI is InChI=1S/C7H7O2P/c8-10(9)7-4-5-1-2-6(7)3-5/h4H,1-3H2. The van der Waals surface area contributed by atoms with Gasteiger partial charge in [0.05, 0.1) is 5.31 Å². The van der Waals surface area contributed by atoms with E-state index in [1.54, 1.807) is 0 Å². The summed E-state index contributed by atoms with van der Waals surface area (Å²) in [4.78, 5) is 0. The van der Waals surface area contributed by atoms with Crippen LogP contribution in [0.2, 0.25) is 0 Å². The maximum Gasteiger partial charge on any atom is 0.348 e. The van der Waals surface area contributed by atoms with Gasteiger partial charge in [0, 0.05) is 0 Å². The molecule has 0 aromatic carbocycles. The average molecular weight is 154 g/mol. The molecule has 0 N–H and O–H groups in total. The van der Waals surface area contributed by atoms with Crippen LogP contribution in [0.1, 0.15) is 19.3 Å². The Bertz CT molecular complexity index is 300. The van der Waals surface area contributed by atoms with Crippen molar-refractivity contribution in [1.82, 2.24) is 0 Å². The molecule has 2 aliphatic carbocycles. The van der Waals surface area contributed by atoms with Crippen LogP contribution in [0.15, 0.2) is 22.5 Å². The Kier molecular flexibility index (Phi) is 1.18. The van der Waals surface area contributed by atoms with Gasteiger partial charge >= 0.3 is 7.68 Å². The van der Waals surface area contributed by atoms with E-state index in [0.717, 1.165) is 24.8 Å². The normalized spacial score (nSPS) is 21.8. The van der Waals surface area contributed by atoms with Crippen molar-refractivity contribution < 1.29 is 9.13 Å². The molecule has 1 fully saturated rings. The van der Waals surface area contributed by atoms with Gasteiger partial charge < -0.3 is 0 Å². The van der Waals surface area contributed by atoms with E-state index in [-0.39, 0.29) is 0 Å². The molecule has 2 nitrogen and oxygen atoms in total. The number of rotatable bonds is 1. The van der Waals surface area contributed by atoms with Crippen LogP contribution in [-0.4, -0.2) is 0 Å². The Balaban J connectivity index is 2.49. The Hall–Kier alpha value is -0.620. The van der Waals surface area contributed by atoms with Crippen LogP contribution in [0.25, 0.3) is 0 Å². The molecule has 0 aliphatic heterocycles. The molecule has 0 radical (unpaired) electrons. The lowest BCUT2D eigenvalue weighted by molar-refractivity contribution is 0.520. The minimum absolute atomic E-state index is 0.594. The zero-order chi connectivity index (χ0) is 7.14. The van der Waals surface area contributed by atoms with Crippen LogP contribution in [-0.2, 0) is 9.13 Å². The highest BCUT2D eigenvalue weighted by atomic mass is 31.1. The van der Waals surface area contributed by atoms with E-state index in [4.69, 9.17) is 0 Å². The van der Waals surface area contributed by atoms with Crippen molar-refractivity contribution in [3.8, 4) is 0 Å². The first-order valence-corrected chi connectivity index (χ1v) is 4.51. The lowest BCUT2D eigenvalue weighted by Crippen LogP contribution is -1.75. The van der Waals surface area contributed by atoms with Gasteiger partial charge in [0.15, 0.2) is 0 Å². The summed E-state index contributed by atoms with van der Waals surface area (Å²) in [5, 5.41) is 0.594. The number of allylic oxidation sites excluding steroid dienone is 4. The van der Waals surface area contributed by atoms with Crippen LogP contribution in [0.4, 0.5) is 0 Å². The van der Waals surface area contributed by atoms with Crippen LogP contribution in [0.3, 0.4) is 0 Å². The summed E-state index contributed by atoms with van der Waals surface area (Å²) in [5.41, 5.74) is 2.43. The van der Waals surface area contributed by atoms with Crippen LogP contribution in [0, 0.1) is 0 Å². The van der Waals surface area contributed by atoms with Gasteiger partial charge in [-0.05, 0) is 30.9 Å². The van der Waals surface area contributed by atoms with Crippen molar-refractivity contribution in [2.45, 2.75) is 19.3 Å². The van der Waals surface area contributed by atoms with Gasteiger partial charge in [-0.25, -0.2) is 9.13 Å². The quantitative estimate of drug-likeness (QED) is 0.544. The van der Waals surface area contributed by atoms with Gasteiger partial charge in [-0.2, -0.15) is 0 Å². The Morgan fingerprint density at radius 3 is 2.40 bits per heavy atom. The molecule has 2 rings (SSSR count). The minimum atomic E-state index is -2.31. The summed E-state index contributed by atoms with van der Waals surface area (Å²) < 4.78 is 21.1. The minimum Gasteiger partial charge on any atom is -0.232 e. The predicted octanol–water partition coefficient (Wildman–Crippen LogP) is 2.54. The number of hydrogen-bond acceptors (Lipinski definition) is 2. The molecule has 0 heterocycles. The van der Waals surface area contributed by atoms with Crippen LogP contribution in [0.5, 0.6) is 0 Å². The lowest BCUT2D eigenvalue weighted by atomic mass is 10.2. The number of hydrogen-bond donors (Lipinski definition) is 0. The van der Waals surface area contributed by atoms with Crippen molar-refractivity contribution in [3.05, 3.63) is 22.5 Å². The molecule has 0 atom stereocenters. The molecule has 0 amide bonds. The van der Waals surface area contributed by atoms with Crippen LogP contribution >= 0.6 is 7.68 Å². The molecule has 0 aromatic heterocycles. The summed E-state index contributed by atoms with van der Waals surface area (Å²) in [7, 11) is -2.31. The summed E-state index contributed by atoms with van der Waals surface area (Å²) in [6, 6.07) is 0. The third kappa shape index (κ3) is 0.723. The highest BCUT2D eigenvalue weighted by molar-refractivity contribution is 7.36. The molecule has 0 saturated heterocycles. The highest BCUT2D eigenvalue weighted by Crippen LogP contribution is 2.44. The van der Waals surface area contributed by atoms with E-state index in [0.29, 0.717) is 5.31 Å². The van der Waals surface area contributed by atoms with Gasteiger partial charge in [0.1, 0.15) is 0 Å². The first kappa shape index (κ1) is 6.11. The summed E-state index contributed by atoms with van der Waals surface area (Å²) in [5.74, 6) is 0. The van der Waals surface area contributed by atoms with E-state index >= 15 is 0 Å². The van der Waals surface area contributed by atoms with E-state index in [1.807, 2.05) is 6.08 Å². The maximum absolute atomic E-state index is 10.5. The zero-order valence-electron chi connectivity index (χ0n) is 5.46. The molecule has 0 aromatic rings. The second kappa shape index (κ2) is 1.93. The second-order valence-electron chi connectivity index (χ2n) is 2.73. The fourth-order valence-electron chi connectivity index (χ4n) is 1.58. The first-order valence-electron chi connectivity index (χ1n) is 3.33. The molecular formula is C7H7O2P. The third-order valence-electron chi connectivity index (χ3n) is 2.09. The summed E-state index contributed by atoms with van der Waals surface area (Å²) in [6.45, 7) is 0. The van der Waals surface area contributed by atoms with E-state index in [1.165, 1.54) is 5.57 Å². The molecule has 0 unspecified atom stereocenters. The SMILES string of the molecule is O=P(=O)C1=C2CCC(=C1)C2. The van der Waals surface area contributed by atoms with Gasteiger partial charge in [-0.3, -0.25) is 0 Å². The topological polar surface area (TPSA) is 34.1 Å². The Labute approximate surface area is 59.4 Å². The predicted molar refractivity (Wildman–Crippen MR) is 37.3 cm³/mol. The first-order chi connectivity index (χ1) is 4.77. The van der Waals surface area contributed by atoms with Gasteiger partial charge in [-0.15, -0.1) is 0 Å². The molecule has 1 saturated carbocycles. The monoisotopic (exact) mass is 154 g/mol.